The first kappa shape index (κ1) is 23.2. The van der Waals surface area contributed by atoms with E-state index in [4.69, 9.17) is 9.15 Å². The second-order valence-electron chi connectivity index (χ2n) is 6.51. The van der Waals surface area contributed by atoms with Crippen molar-refractivity contribution in [2.75, 3.05) is 12.3 Å². The summed E-state index contributed by atoms with van der Waals surface area (Å²) in [6.45, 7) is 2.06. The van der Waals surface area contributed by atoms with Gasteiger partial charge in [0.25, 0.3) is 11.1 Å². The van der Waals surface area contributed by atoms with Crippen molar-refractivity contribution in [3.05, 3.63) is 71.1 Å². The van der Waals surface area contributed by atoms with Crippen LogP contribution in [0, 0.1) is 18.8 Å². The van der Waals surface area contributed by atoms with Crippen molar-refractivity contribution in [3.8, 4) is 17.6 Å². The number of aromatic nitrogens is 2. The molecule has 3 aromatic rings. The van der Waals surface area contributed by atoms with Crippen molar-refractivity contribution in [1.82, 2.24) is 15.5 Å². The fraction of sp³-hybridized carbons (Fsp3) is 0.227. The summed E-state index contributed by atoms with van der Waals surface area (Å²) in [6, 6.07) is 12.2. The van der Waals surface area contributed by atoms with E-state index in [9.17, 15) is 18.0 Å². The number of ether oxygens (including phenoxy) is 1. The van der Waals surface area contributed by atoms with Crippen LogP contribution in [0.4, 0.5) is 13.2 Å². The lowest BCUT2D eigenvalue weighted by molar-refractivity contribution is -0.137. The van der Waals surface area contributed by atoms with Gasteiger partial charge in [-0.1, -0.05) is 41.8 Å². The summed E-state index contributed by atoms with van der Waals surface area (Å²) >= 11 is 1.05. The predicted octanol–water partition coefficient (Wildman–Crippen LogP) is 4.24. The molecule has 1 aromatic heterocycles. The van der Waals surface area contributed by atoms with Gasteiger partial charge in [-0.3, -0.25) is 4.79 Å². The van der Waals surface area contributed by atoms with Crippen LogP contribution >= 0.6 is 11.8 Å². The van der Waals surface area contributed by atoms with Crippen molar-refractivity contribution in [3.63, 3.8) is 0 Å². The fourth-order valence-corrected chi connectivity index (χ4v) is 3.06. The van der Waals surface area contributed by atoms with E-state index in [0.29, 0.717) is 5.75 Å². The van der Waals surface area contributed by atoms with Crippen molar-refractivity contribution >= 4 is 17.7 Å². The molecular formula is C22H18F3N3O3S. The second kappa shape index (κ2) is 10.7. The van der Waals surface area contributed by atoms with Crippen LogP contribution in [0.3, 0.4) is 0 Å². The third kappa shape index (κ3) is 7.35. The van der Waals surface area contributed by atoms with Gasteiger partial charge < -0.3 is 14.5 Å². The molecule has 0 unspecified atom stereocenters. The summed E-state index contributed by atoms with van der Waals surface area (Å²) in [5, 5.41) is 10.5. The molecule has 1 amide bonds. The van der Waals surface area contributed by atoms with Gasteiger partial charge in [0.05, 0.1) is 17.9 Å². The Bertz CT molecular complexity index is 1140. The van der Waals surface area contributed by atoms with Gasteiger partial charge >= 0.3 is 6.18 Å². The Hall–Kier alpha value is -3.45. The molecule has 0 aliphatic rings. The average molecular weight is 461 g/mol. The van der Waals surface area contributed by atoms with E-state index in [-0.39, 0.29) is 41.5 Å². The number of alkyl halides is 3. The minimum Gasteiger partial charge on any atom is -0.484 e. The van der Waals surface area contributed by atoms with Crippen LogP contribution in [0.1, 0.15) is 22.6 Å². The van der Waals surface area contributed by atoms with Gasteiger partial charge in [-0.25, -0.2) is 0 Å². The first-order valence-corrected chi connectivity index (χ1v) is 10.4. The number of hydrogen-bond acceptors (Lipinski definition) is 6. The highest BCUT2D eigenvalue weighted by Gasteiger charge is 2.30. The maximum atomic E-state index is 12.7. The number of hydrogen-bond donors (Lipinski definition) is 1. The van der Waals surface area contributed by atoms with E-state index in [2.05, 4.69) is 27.4 Å². The lowest BCUT2D eigenvalue weighted by Crippen LogP contribution is -2.25. The number of rotatable bonds is 7. The van der Waals surface area contributed by atoms with Crippen LogP contribution in [0.15, 0.2) is 58.2 Å². The lowest BCUT2D eigenvalue weighted by Gasteiger charge is -2.05. The smallest absolute Gasteiger partial charge is 0.416 e. The molecule has 0 bridgehead atoms. The summed E-state index contributed by atoms with van der Waals surface area (Å²) in [4.78, 5) is 11.9. The van der Waals surface area contributed by atoms with Crippen LogP contribution in [-0.2, 0) is 17.6 Å². The Kier molecular flexibility index (Phi) is 7.78. The van der Waals surface area contributed by atoms with Crippen LogP contribution in [-0.4, -0.2) is 28.4 Å². The zero-order valence-electron chi connectivity index (χ0n) is 16.9. The minimum absolute atomic E-state index is 0.00491. The molecule has 0 aliphatic heterocycles. The summed E-state index contributed by atoms with van der Waals surface area (Å²) < 4.78 is 49.1. The Balaban J connectivity index is 1.40. The fourth-order valence-electron chi connectivity index (χ4n) is 2.45. The number of amides is 1. The van der Waals surface area contributed by atoms with Gasteiger partial charge in [-0.2, -0.15) is 13.2 Å². The molecule has 166 valence electrons. The molecule has 1 heterocycles. The normalized spacial score (nSPS) is 10.9. The highest BCUT2D eigenvalue weighted by molar-refractivity contribution is 7.99. The summed E-state index contributed by atoms with van der Waals surface area (Å²) in [5.74, 6) is 5.87. The monoisotopic (exact) mass is 461 g/mol. The molecule has 0 saturated carbocycles. The minimum atomic E-state index is -4.43. The number of thioether (sulfide) groups is 1. The Morgan fingerprint density at radius 3 is 2.78 bits per heavy atom. The number of aryl methyl sites for hydroxylation is 1. The van der Waals surface area contributed by atoms with Gasteiger partial charge in [0.2, 0.25) is 5.91 Å². The Labute approximate surface area is 186 Å². The van der Waals surface area contributed by atoms with Gasteiger partial charge in [0.15, 0.2) is 6.61 Å². The molecule has 0 saturated heterocycles. The lowest BCUT2D eigenvalue weighted by atomic mass is 10.1. The van der Waals surface area contributed by atoms with Crippen LogP contribution in [0.2, 0.25) is 0 Å². The van der Waals surface area contributed by atoms with Crippen LogP contribution < -0.4 is 10.1 Å². The van der Waals surface area contributed by atoms with E-state index in [1.165, 1.54) is 12.1 Å². The first-order valence-electron chi connectivity index (χ1n) is 9.37. The maximum absolute atomic E-state index is 12.7. The molecule has 0 aliphatic carbocycles. The van der Waals surface area contributed by atoms with Crippen molar-refractivity contribution < 1.29 is 27.1 Å². The summed E-state index contributed by atoms with van der Waals surface area (Å²) in [7, 11) is 0. The average Bonchev–Trinajstić information content (AvgIpc) is 3.21. The van der Waals surface area contributed by atoms with Crippen molar-refractivity contribution in [2.24, 2.45) is 0 Å². The number of nitrogens with one attached hydrogen (secondary N) is 1. The Morgan fingerprint density at radius 2 is 2.00 bits per heavy atom. The van der Waals surface area contributed by atoms with Crippen molar-refractivity contribution in [1.29, 1.82) is 0 Å². The molecule has 0 radical (unpaired) electrons. The summed E-state index contributed by atoms with van der Waals surface area (Å²) in [6.07, 6.45) is -4.43. The van der Waals surface area contributed by atoms with Crippen LogP contribution in [0.25, 0.3) is 0 Å². The zero-order valence-corrected chi connectivity index (χ0v) is 17.7. The van der Waals surface area contributed by atoms with E-state index in [1.807, 2.05) is 31.2 Å². The standard InChI is InChI=1S/C22H18F3N3O3S/c1-15-5-2-9-18(11-15)30-13-20-27-28-21(31-20)32-14-19(29)26-10-4-7-16-6-3-8-17(12-16)22(23,24)25/h2-3,5-6,8-9,11-12H,10,13-14H2,1H3,(H,26,29). The largest absolute Gasteiger partial charge is 0.484 e. The van der Waals surface area contributed by atoms with Gasteiger partial charge in [-0.05, 0) is 42.8 Å². The molecular weight excluding hydrogens is 443 g/mol. The number of nitrogens with zero attached hydrogens (tertiary/aromatic N) is 2. The summed E-state index contributed by atoms with van der Waals surface area (Å²) in [5.41, 5.74) is 0.512. The molecule has 0 atom stereocenters. The van der Waals surface area contributed by atoms with E-state index in [1.54, 1.807) is 0 Å². The number of halogens is 3. The topological polar surface area (TPSA) is 77.2 Å². The Morgan fingerprint density at radius 1 is 1.19 bits per heavy atom. The van der Waals surface area contributed by atoms with Crippen LogP contribution in [0.5, 0.6) is 5.75 Å². The third-order valence-corrected chi connectivity index (χ3v) is 4.74. The third-order valence-electron chi connectivity index (χ3n) is 3.92. The molecule has 6 nitrogen and oxygen atoms in total. The van der Waals surface area contributed by atoms with Crippen molar-refractivity contribution in [2.45, 2.75) is 24.9 Å². The molecule has 0 spiro atoms. The molecule has 2 aromatic carbocycles. The van der Waals surface area contributed by atoms with Gasteiger partial charge in [0.1, 0.15) is 5.75 Å². The predicted molar refractivity (Wildman–Crippen MR) is 112 cm³/mol. The molecule has 0 fully saturated rings. The van der Waals surface area contributed by atoms with Gasteiger partial charge in [0, 0.05) is 5.56 Å². The highest BCUT2D eigenvalue weighted by Crippen LogP contribution is 2.29. The van der Waals surface area contributed by atoms with E-state index in [0.717, 1.165) is 29.5 Å². The number of carbonyl (C=O) groups is 1. The zero-order chi connectivity index (χ0) is 23.0. The highest BCUT2D eigenvalue weighted by atomic mass is 32.2. The number of benzene rings is 2. The molecule has 3 rings (SSSR count). The van der Waals surface area contributed by atoms with E-state index >= 15 is 0 Å². The number of carbonyl (C=O) groups excluding carboxylic acids is 1. The molecule has 1 N–H and O–H groups in total. The molecule has 10 heteroatoms. The van der Waals surface area contributed by atoms with Gasteiger partial charge in [-0.15, -0.1) is 10.2 Å². The van der Waals surface area contributed by atoms with E-state index < -0.39 is 11.7 Å². The first-order chi connectivity index (χ1) is 15.3. The quantitative estimate of drug-likeness (QED) is 0.419. The SMILES string of the molecule is Cc1cccc(OCc2nnc(SCC(=O)NCC#Cc3cccc(C(F)(F)F)c3)o2)c1. The maximum Gasteiger partial charge on any atom is 0.416 e. The molecule has 32 heavy (non-hydrogen) atoms. The second-order valence-corrected chi connectivity index (χ2v) is 7.44.